The molecule has 19 heavy (non-hydrogen) atoms. The van der Waals surface area contributed by atoms with E-state index in [1.807, 2.05) is 6.20 Å². The second-order valence-electron chi connectivity index (χ2n) is 4.52. The lowest BCUT2D eigenvalue weighted by Gasteiger charge is -2.19. The van der Waals surface area contributed by atoms with Crippen LogP contribution >= 0.6 is 12.4 Å². The maximum atomic E-state index is 3.78. The normalized spacial score (nSPS) is 13.7. The minimum atomic E-state index is 0. The van der Waals surface area contributed by atoms with E-state index in [4.69, 9.17) is 0 Å². The maximum Gasteiger partial charge on any atom is 0.0939 e. The fourth-order valence-electron chi connectivity index (χ4n) is 2.35. The second-order valence-corrected chi connectivity index (χ2v) is 4.52. The summed E-state index contributed by atoms with van der Waals surface area (Å²) in [6.45, 7) is 5.60. The van der Waals surface area contributed by atoms with Gasteiger partial charge in [-0.05, 0) is 22.5 Å². The number of halogens is 1. The predicted molar refractivity (Wildman–Crippen MR) is 82.8 cm³/mol. The molecule has 0 spiro atoms. The monoisotopic (exact) mass is 272 g/mol. The van der Waals surface area contributed by atoms with E-state index in [0.717, 1.165) is 13.2 Å². The molecule has 0 amide bonds. The topological polar surface area (TPSA) is 6.48 Å². The van der Waals surface area contributed by atoms with Crippen molar-refractivity contribution in [3.63, 3.8) is 0 Å². The molecule has 3 rings (SSSR count). The van der Waals surface area contributed by atoms with Crippen LogP contribution in [0.15, 0.2) is 67.6 Å². The minimum Gasteiger partial charge on any atom is -0.354 e. The van der Waals surface area contributed by atoms with Crippen molar-refractivity contribution in [1.82, 2.24) is 9.80 Å². The Hall–Kier alpha value is -1.93. The van der Waals surface area contributed by atoms with Crippen LogP contribution < -0.4 is 0 Å². The first-order chi connectivity index (χ1) is 8.86. The third-order valence-corrected chi connectivity index (χ3v) is 3.30. The number of hydrogen-bond acceptors (Lipinski definition) is 2. The number of rotatable bonds is 3. The van der Waals surface area contributed by atoms with Gasteiger partial charge < -0.3 is 9.80 Å². The lowest BCUT2D eigenvalue weighted by Crippen LogP contribution is -2.21. The van der Waals surface area contributed by atoms with Crippen molar-refractivity contribution in [2.24, 2.45) is 0 Å². The molecule has 0 radical (unpaired) electrons. The molecule has 1 aliphatic rings. The molecular formula is C16H17ClN2. The van der Waals surface area contributed by atoms with Gasteiger partial charge in [0.15, 0.2) is 0 Å². The van der Waals surface area contributed by atoms with Crippen LogP contribution in [0, 0.1) is 0 Å². The SMILES string of the molecule is C=CN1C=CN(Cc2cccc3ccccc23)C1.Cl. The van der Waals surface area contributed by atoms with Crippen molar-refractivity contribution in [3.8, 4) is 0 Å². The molecule has 0 atom stereocenters. The van der Waals surface area contributed by atoms with Gasteiger partial charge in [0, 0.05) is 18.9 Å². The Morgan fingerprint density at radius 3 is 2.63 bits per heavy atom. The summed E-state index contributed by atoms with van der Waals surface area (Å²) in [5, 5.41) is 2.64. The number of fused-ring (bicyclic) bond motifs is 1. The second kappa shape index (κ2) is 5.81. The highest BCUT2D eigenvalue weighted by Crippen LogP contribution is 2.21. The zero-order valence-electron chi connectivity index (χ0n) is 10.7. The van der Waals surface area contributed by atoms with Gasteiger partial charge in [-0.15, -0.1) is 12.4 Å². The summed E-state index contributed by atoms with van der Waals surface area (Å²) in [5.74, 6) is 0. The van der Waals surface area contributed by atoms with Gasteiger partial charge in [0.05, 0.1) is 6.67 Å². The molecule has 0 aromatic heterocycles. The minimum absolute atomic E-state index is 0. The fourth-order valence-corrected chi connectivity index (χ4v) is 2.35. The Balaban J connectivity index is 0.00000133. The molecular weight excluding hydrogens is 256 g/mol. The average Bonchev–Trinajstić information content (AvgIpc) is 2.87. The Bertz CT molecular complexity index is 601. The van der Waals surface area contributed by atoms with Crippen molar-refractivity contribution in [2.75, 3.05) is 6.67 Å². The van der Waals surface area contributed by atoms with E-state index in [1.165, 1.54) is 16.3 Å². The maximum absolute atomic E-state index is 3.78. The van der Waals surface area contributed by atoms with Crippen molar-refractivity contribution in [3.05, 3.63) is 73.2 Å². The summed E-state index contributed by atoms with van der Waals surface area (Å²) in [5.41, 5.74) is 1.36. The van der Waals surface area contributed by atoms with Crippen LogP contribution in [-0.2, 0) is 6.54 Å². The Kier molecular flexibility index (Phi) is 4.13. The summed E-state index contributed by atoms with van der Waals surface area (Å²) in [6.07, 6.45) is 6.02. The molecule has 2 nitrogen and oxygen atoms in total. The zero-order valence-corrected chi connectivity index (χ0v) is 11.5. The van der Waals surface area contributed by atoms with Crippen molar-refractivity contribution >= 4 is 23.2 Å². The smallest absolute Gasteiger partial charge is 0.0939 e. The highest BCUT2D eigenvalue weighted by atomic mass is 35.5. The molecule has 2 aromatic rings. The van der Waals surface area contributed by atoms with Gasteiger partial charge in [0.1, 0.15) is 0 Å². The Morgan fingerprint density at radius 1 is 1.05 bits per heavy atom. The average molecular weight is 273 g/mol. The van der Waals surface area contributed by atoms with Crippen LogP contribution in [-0.4, -0.2) is 16.5 Å². The van der Waals surface area contributed by atoms with E-state index in [9.17, 15) is 0 Å². The van der Waals surface area contributed by atoms with Gasteiger partial charge >= 0.3 is 0 Å². The standard InChI is InChI=1S/C16H16N2.ClH/c1-2-17-10-11-18(13-17)12-15-8-5-7-14-6-3-4-9-16(14)15;/h2-11H,1,12-13H2;1H. The van der Waals surface area contributed by atoms with E-state index in [0.29, 0.717) is 0 Å². The summed E-state index contributed by atoms with van der Waals surface area (Å²) in [4.78, 5) is 4.36. The molecule has 0 fully saturated rings. The molecule has 0 bridgehead atoms. The van der Waals surface area contributed by atoms with Crippen LogP contribution in [0.5, 0.6) is 0 Å². The quantitative estimate of drug-likeness (QED) is 0.835. The third-order valence-electron chi connectivity index (χ3n) is 3.30. The zero-order chi connectivity index (χ0) is 12.4. The van der Waals surface area contributed by atoms with Crippen LogP contribution in [0.1, 0.15) is 5.56 Å². The highest BCUT2D eigenvalue weighted by Gasteiger charge is 2.11. The van der Waals surface area contributed by atoms with Gasteiger partial charge in [0.25, 0.3) is 0 Å². The molecule has 0 aliphatic carbocycles. The summed E-state index contributed by atoms with van der Waals surface area (Å²) < 4.78 is 0. The largest absolute Gasteiger partial charge is 0.354 e. The molecule has 2 aromatic carbocycles. The van der Waals surface area contributed by atoms with E-state index < -0.39 is 0 Å². The molecule has 0 N–H and O–H groups in total. The lowest BCUT2D eigenvalue weighted by molar-refractivity contribution is 0.309. The number of hydrogen-bond donors (Lipinski definition) is 0. The van der Waals surface area contributed by atoms with E-state index >= 15 is 0 Å². The molecule has 0 unspecified atom stereocenters. The fraction of sp³-hybridized carbons (Fsp3) is 0.125. The summed E-state index contributed by atoms with van der Waals surface area (Å²) in [6, 6.07) is 15.0. The first kappa shape index (κ1) is 13.5. The van der Waals surface area contributed by atoms with Gasteiger partial charge in [-0.3, -0.25) is 0 Å². The van der Waals surface area contributed by atoms with Crippen LogP contribution in [0.2, 0.25) is 0 Å². The van der Waals surface area contributed by atoms with Crippen molar-refractivity contribution in [1.29, 1.82) is 0 Å². The van der Waals surface area contributed by atoms with Gasteiger partial charge in [0.2, 0.25) is 0 Å². The van der Waals surface area contributed by atoms with Crippen molar-refractivity contribution in [2.45, 2.75) is 6.54 Å². The van der Waals surface area contributed by atoms with Gasteiger partial charge in [-0.25, -0.2) is 0 Å². The van der Waals surface area contributed by atoms with Crippen LogP contribution in [0.4, 0.5) is 0 Å². The number of nitrogens with zero attached hydrogens (tertiary/aromatic N) is 2. The molecule has 3 heteroatoms. The molecule has 1 heterocycles. The predicted octanol–water partition coefficient (Wildman–Crippen LogP) is 3.95. The third kappa shape index (κ3) is 2.74. The van der Waals surface area contributed by atoms with Gasteiger partial charge in [-0.1, -0.05) is 49.0 Å². The van der Waals surface area contributed by atoms with E-state index in [1.54, 1.807) is 0 Å². The highest BCUT2D eigenvalue weighted by molar-refractivity contribution is 5.85. The lowest BCUT2D eigenvalue weighted by atomic mass is 10.0. The van der Waals surface area contributed by atoms with E-state index in [2.05, 4.69) is 71.2 Å². The molecule has 1 aliphatic heterocycles. The van der Waals surface area contributed by atoms with Crippen LogP contribution in [0.3, 0.4) is 0 Å². The van der Waals surface area contributed by atoms with E-state index in [-0.39, 0.29) is 12.4 Å². The first-order valence-electron chi connectivity index (χ1n) is 6.14. The van der Waals surface area contributed by atoms with Crippen molar-refractivity contribution < 1.29 is 0 Å². The van der Waals surface area contributed by atoms with Crippen LogP contribution in [0.25, 0.3) is 10.8 Å². The summed E-state index contributed by atoms with van der Waals surface area (Å²) in [7, 11) is 0. The molecule has 98 valence electrons. The molecule has 0 saturated carbocycles. The summed E-state index contributed by atoms with van der Waals surface area (Å²) >= 11 is 0. The Labute approximate surface area is 120 Å². The van der Waals surface area contributed by atoms with Gasteiger partial charge in [-0.2, -0.15) is 0 Å². The number of benzene rings is 2. The first-order valence-corrected chi connectivity index (χ1v) is 6.14. The molecule has 0 saturated heterocycles. The Morgan fingerprint density at radius 2 is 1.84 bits per heavy atom.